The summed E-state index contributed by atoms with van der Waals surface area (Å²) in [6.45, 7) is 7.07. The maximum absolute atomic E-state index is 12.4. The second kappa shape index (κ2) is 6.24. The molecule has 0 aromatic carbocycles. The van der Waals surface area contributed by atoms with Gasteiger partial charge in [-0.3, -0.25) is 9.48 Å². The van der Waals surface area contributed by atoms with Crippen LogP contribution in [0.3, 0.4) is 0 Å². The van der Waals surface area contributed by atoms with Gasteiger partial charge in [-0.15, -0.1) is 0 Å². The Bertz CT molecular complexity index is 588. The number of amides is 1. The first-order valence-corrected chi connectivity index (χ1v) is 8.50. The topological polar surface area (TPSA) is 65.4 Å². The minimum absolute atomic E-state index is 0.0651. The van der Waals surface area contributed by atoms with Crippen molar-refractivity contribution in [2.24, 2.45) is 13.0 Å². The molecule has 1 atom stereocenters. The summed E-state index contributed by atoms with van der Waals surface area (Å²) in [5.41, 5.74) is 2.29. The molecule has 6 nitrogen and oxygen atoms in total. The first kappa shape index (κ1) is 16.5. The SMILES string of the molecule is Cc1nn(C)c(C)c1C(=O)NC[C@H]1COC2(CCC(C)CC2)O1. The molecular weight excluding hydrogens is 294 g/mol. The number of carbonyl (C=O) groups is 1. The van der Waals surface area contributed by atoms with E-state index >= 15 is 0 Å². The summed E-state index contributed by atoms with van der Waals surface area (Å²) >= 11 is 0. The van der Waals surface area contributed by atoms with E-state index in [0.29, 0.717) is 18.7 Å². The molecule has 3 rings (SSSR count). The molecule has 2 heterocycles. The van der Waals surface area contributed by atoms with E-state index in [-0.39, 0.29) is 12.0 Å². The predicted molar refractivity (Wildman–Crippen MR) is 86.2 cm³/mol. The van der Waals surface area contributed by atoms with Gasteiger partial charge in [0, 0.05) is 32.1 Å². The average molecular weight is 321 g/mol. The minimum atomic E-state index is -0.401. The predicted octanol–water partition coefficient (Wildman–Crippen LogP) is 2.09. The molecule has 2 fully saturated rings. The van der Waals surface area contributed by atoms with Crippen molar-refractivity contribution in [3.8, 4) is 0 Å². The Kier molecular flexibility index (Phi) is 4.47. The number of hydrogen-bond donors (Lipinski definition) is 1. The quantitative estimate of drug-likeness (QED) is 0.926. The van der Waals surface area contributed by atoms with E-state index in [9.17, 15) is 4.79 Å². The van der Waals surface area contributed by atoms with Crippen LogP contribution in [0.4, 0.5) is 0 Å². The van der Waals surface area contributed by atoms with Crippen LogP contribution in [0.1, 0.15) is 54.4 Å². The van der Waals surface area contributed by atoms with E-state index in [1.54, 1.807) is 4.68 Å². The maximum atomic E-state index is 12.4. The highest BCUT2D eigenvalue weighted by Crippen LogP contribution is 2.39. The minimum Gasteiger partial charge on any atom is -0.349 e. The average Bonchev–Trinajstić information content (AvgIpc) is 3.02. The fourth-order valence-electron chi connectivity index (χ4n) is 3.58. The Morgan fingerprint density at radius 3 is 2.70 bits per heavy atom. The Morgan fingerprint density at radius 2 is 2.09 bits per heavy atom. The van der Waals surface area contributed by atoms with E-state index in [2.05, 4.69) is 17.3 Å². The van der Waals surface area contributed by atoms with Crippen LogP contribution in [0.5, 0.6) is 0 Å². The summed E-state index contributed by atoms with van der Waals surface area (Å²) < 4.78 is 13.8. The lowest BCUT2D eigenvalue weighted by Crippen LogP contribution is -2.38. The van der Waals surface area contributed by atoms with Crippen LogP contribution in [0, 0.1) is 19.8 Å². The monoisotopic (exact) mass is 321 g/mol. The van der Waals surface area contributed by atoms with Crippen LogP contribution in [-0.2, 0) is 16.5 Å². The molecule has 1 N–H and O–H groups in total. The highest BCUT2D eigenvalue weighted by Gasteiger charge is 2.43. The van der Waals surface area contributed by atoms with Crippen molar-refractivity contribution in [2.75, 3.05) is 13.2 Å². The van der Waals surface area contributed by atoms with Gasteiger partial charge in [-0.2, -0.15) is 5.10 Å². The summed E-state index contributed by atoms with van der Waals surface area (Å²) in [5.74, 6) is 0.264. The zero-order valence-electron chi connectivity index (χ0n) is 14.5. The molecule has 1 saturated carbocycles. The fraction of sp³-hybridized carbons (Fsp3) is 0.765. The summed E-state index contributed by atoms with van der Waals surface area (Å²) in [4.78, 5) is 12.4. The molecular formula is C17H27N3O3. The van der Waals surface area contributed by atoms with Crippen molar-refractivity contribution in [3.05, 3.63) is 17.0 Å². The zero-order chi connectivity index (χ0) is 16.6. The number of ether oxygens (including phenoxy) is 2. The Hall–Kier alpha value is -1.40. The van der Waals surface area contributed by atoms with Crippen molar-refractivity contribution in [2.45, 2.75) is 58.3 Å². The van der Waals surface area contributed by atoms with Crippen molar-refractivity contribution < 1.29 is 14.3 Å². The molecule has 1 spiro atoms. The number of hydrogen-bond acceptors (Lipinski definition) is 4. The van der Waals surface area contributed by atoms with Gasteiger partial charge in [0.25, 0.3) is 5.91 Å². The molecule has 0 radical (unpaired) electrons. The number of carbonyl (C=O) groups excluding carboxylic acids is 1. The number of nitrogens with one attached hydrogen (secondary N) is 1. The van der Waals surface area contributed by atoms with Gasteiger partial charge in [0.2, 0.25) is 0 Å². The molecule has 0 bridgehead atoms. The van der Waals surface area contributed by atoms with E-state index in [1.165, 1.54) is 0 Å². The van der Waals surface area contributed by atoms with Gasteiger partial charge in [0.05, 0.1) is 17.9 Å². The molecule has 23 heavy (non-hydrogen) atoms. The molecule has 1 aliphatic carbocycles. The van der Waals surface area contributed by atoms with Gasteiger partial charge in [-0.05, 0) is 32.6 Å². The number of aryl methyl sites for hydroxylation is 2. The largest absolute Gasteiger partial charge is 0.349 e. The standard InChI is InChI=1S/C17H27N3O3/c1-11-5-7-17(8-6-11)22-10-14(23-17)9-18-16(21)15-12(2)19-20(4)13(15)3/h11,14H,5-10H2,1-4H3,(H,18,21)/t11?,14-,17?/m0/s1. The lowest BCUT2D eigenvalue weighted by atomic mass is 9.86. The third kappa shape index (κ3) is 3.28. The molecule has 128 valence electrons. The van der Waals surface area contributed by atoms with Crippen molar-refractivity contribution in [3.63, 3.8) is 0 Å². The lowest BCUT2D eigenvalue weighted by molar-refractivity contribution is -0.191. The first-order chi connectivity index (χ1) is 10.9. The second-order valence-electron chi connectivity index (χ2n) is 7.02. The molecule has 1 aromatic rings. The van der Waals surface area contributed by atoms with Crippen molar-refractivity contribution in [1.29, 1.82) is 0 Å². The summed E-state index contributed by atoms with van der Waals surface area (Å²) in [5, 5.41) is 7.26. The molecule has 1 saturated heterocycles. The highest BCUT2D eigenvalue weighted by molar-refractivity contribution is 5.96. The van der Waals surface area contributed by atoms with Gasteiger partial charge in [0.15, 0.2) is 5.79 Å². The molecule has 2 aliphatic rings. The summed E-state index contributed by atoms with van der Waals surface area (Å²) in [7, 11) is 1.85. The third-order valence-corrected chi connectivity index (χ3v) is 5.18. The fourth-order valence-corrected chi connectivity index (χ4v) is 3.58. The smallest absolute Gasteiger partial charge is 0.255 e. The van der Waals surface area contributed by atoms with Gasteiger partial charge in [-0.25, -0.2) is 0 Å². The Labute approximate surface area is 137 Å². The van der Waals surface area contributed by atoms with Crippen LogP contribution >= 0.6 is 0 Å². The van der Waals surface area contributed by atoms with Crippen LogP contribution in [0.25, 0.3) is 0 Å². The molecule has 6 heteroatoms. The Balaban J connectivity index is 1.54. The number of nitrogens with zero attached hydrogens (tertiary/aromatic N) is 2. The lowest BCUT2D eigenvalue weighted by Gasteiger charge is -2.34. The van der Waals surface area contributed by atoms with Crippen molar-refractivity contribution >= 4 is 5.91 Å². The number of rotatable bonds is 3. The first-order valence-electron chi connectivity index (χ1n) is 8.50. The van der Waals surface area contributed by atoms with Gasteiger partial charge in [0.1, 0.15) is 6.10 Å². The number of aromatic nitrogens is 2. The van der Waals surface area contributed by atoms with E-state index in [4.69, 9.17) is 9.47 Å². The summed E-state index contributed by atoms with van der Waals surface area (Å²) in [6, 6.07) is 0. The van der Waals surface area contributed by atoms with Crippen LogP contribution in [0.2, 0.25) is 0 Å². The van der Waals surface area contributed by atoms with Crippen LogP contribution in [-0.4, -0.2) is 40.7 Å². The molecule has 1 amide bonds. The maximum Gasteiger partial charge on any atom is 0.255 e. The van der Waals surface area contributed by atoms with Gasteiger partial charge in [-0.1, -0.05) is 6.92 Å². The van der Waals surface area contributed by atoms with Crippen LogP contribution in [0.15, 0.2) is 0 Å². The highest BCUT2D eigenvalue weighted by atomic mass is 16.7. The van der Waals surface area contributed by atoms with Crippen LogP contribution < -0.4 is 5.32 Å². The summed E-state index contributed by atoms with van der Waals surface area (Å²) in [6.07, 6.45) is 4.14. The van der Waals surface area contributed by atoms with Gasteiger partial charge < -0.3 is 14.8 Å². The molecule has 0 unspecified atom stereocenters. The zero-order valence-corrected chi connectivity index (χ0v) is 14.5. The molecule has 1 aromatic heterocycles. The van der Waals surface area contributed by atoms with E-state index in [0.717, 1.165) is 43.0 Å². The van der Waals surface area contributed by atoms with E-state index in [1.807, 2.05) is 20.9 Å². The van der Waals surface area contributed by atoms with E-state index < -0.39 is 5.79 Å². The molecule has 1 aliphatic heterocycles. The normalized spacial score (nSPS) is 30.8. The second-order valence-corrected chi connectivity index (χ2v) is 7.02. The van der Waals surface area contributed by atoms with Crippen molar-refractivity contribution in [1.82, 2.24) is 15.1 Å². The third-order valence-electron chi connectivity index (χ3n) is 5.18. The Morgan fingerprint density at radius 1 is 1.39 bits per heavy atom. The van der Waals surface area contributed by atoms with Gasteiger partial charge >= 0.3 is 0 Å².